The van der Waals surface area contributed by atoms with E-state index in [9.17, 15) is 14.0 Å². The fourth-order valence-electron chi connectivity index (χ4n) is 4.87. The molecule has 0 amide bonds. The number of halogens is 1. The molecule has 3 aromatic carbocycles. The summed E-state index contributed by atoms with van der Waals surface area (Å²) in [4.78, 5) is 32.3. The Kier molecular flexibility index (Phi) is 9.29. The largest absolute Gasteiger partial charge is 0.493 e. The molecule has 4 aromatic rings. The number of ether oxygens (including phenoxy) is 4. The molecule has 0 unspecified atom stereocenters. The first-order chi connectivity index (χ1) is 21.2. The van der Waals surface area contributed by atoms with Gasteiger partial charge < -0.3 is 18.9 Å². The Morgan fingerprint density at radius 3 is 2.45 bits per heavy atom. The van der Waals surface area contributed by atoms with Crippen LogP contribution in [-0.2, 0) is 16.1 Å². The maximum atomic E-state index is 14.0. The average molecular weight is 617 g/mol. The minimum absolute atomic E-state index is 0.0694. The Morgan fingerprint density at radius 1 is 1.07 bits per heavy atom. The number of methoxy groups -OCH3 is 1. The van der Waals surface area contributed by atoms with Gasteiger partial charge in [0.15, 0.2) is 16.3 Å². The van der Waals surface area contributed by atoms with Crippen molar-refractivity contribution in [3.63, 3.8) is 0 Å². The monoisotopic (exact) mass is 616 g/mol. The quantitative estimate of drug-likeness (QED) is 0.225. The van der Waals surface area contributed by atoms with Crippen LogP contribution in [0.5, 0.6) is 17.2 Å². The third-order valence-corrected chi connectivity index (χ3v) is 7.86. The maximum absolute atomic E-state index is 14.0. The number of allylic oxidation sites excluding steroid dienone is 1. The fourth-order valence-corrected chi connectivity index (χ4v) is 5.92. The highest BCUT2D eigenvalue weighted by atomic mass is 32.1. The van der Waals surface area contributed by atoms with Gasteiger partial charge in [0.2, 0.25) is 0 Å². The van der Waals surface area contributed by atoms with E-state index in [4.69, 9.17) is 18.9 Å². The third-order valence-electron chi connectivity index (χ3n) is 6.88. The summed E-state index contributed by atoms with van der Waals surface area (Å²) in [6, 6.07) is 18.1. The molecule has 0 spiro atoms. The second-order valence-electron chi connectivity index (χ2n) is 10.4. The predicted octanol–water partition coefficient (Wildman–Crippen LogP) is 5.31. The van der Waals surface area contributed by atoms with Crippen molar-refractivity contribution in [2.45, 2.75) is 46.4 Å². The van der Waals surface area contributed by atoms with Gasteiger partial charge in [0, 0.05) is 0 Å². The molecular formula is C34H33FN2O6S. The lowest BCUT2D eigenvalue weighted by Gasteiger charge is -2.25. The molecule has 10 heteroatoms. The van der Waals surface area contributed by atoms with Gasteiger partial charge in [-0.05, 0) is 86.9 Å². The van der Waals surface area contributed by atoms with Crippen molar-refractivity contribution in [2.24, 2.45) is 4.99 Å². The summed E-state index contributed by atoms with van der Waals surface area (Å²) in [6.07, 6.45) is 1.72. The molecule has 0 aliphatic carbocycles. The highest BCUT2D eigenvalue weighted by Crippen LogP contribution is 2.36. The van der Waals surface area contributed by atoms with E-state index < -0.39 is 12.0 Å². The van der Waals surface area contributed by atoms with Gasteiger partial charge in [-0.3, -0.25) is 9.36 Å². The molecule has 0 fully saturated rings. The van der Waals surface area contributed by atoms with Gasteiger partial charge in [-0.1, -0.05) is 41.7 Å². The number of benzene rings is 3. The minimum Gasteiger partial charge on any atom is -0.493 e. The second-order valence-corrected chi connectivity index (χ2v) is 11.4. The minimum atomic E-state index is -0.781. The van der Waals surface area contributed by atoms with E-state index in [2.05, 4.69) is 4.99 Å². The van der Waals surface area contributed by atoms with Crippen molar-refractivity contribution in [2.75, 3.05) is 13.7 Å². The molecule has 44 heavy (non-hydrogen) atoms. The Morgan fingerprint density at radius 2 is 1.80 bits per heavy atom. The van der Waals surface area contributed by atoms with Crippen LogP contribution in [0.3, 0.4) is 0 Å². The molecule has 1 aromatic heterocycles. The normalized spacial score (nSPS) is 14.7. The summed E-state index contributed by atoms with van der Waals surface area (Å²) >= 11 is 1.24. The number of hydrogen-bond acceptors (Lipinski definition) is 8. The van der Waals surface area contributed by atoms with Crippen LogP contribution in [0.15, 0.2) is 87.8 Å². The van der Waals surface area contributed by atoms with Crippen LogP contribution in [-0.4, -0.2) is 30.4 Å². The standard InChI is InChI=1S/C34H33FN2O6S/c1-6-41-33(39)30-21(4)36-34-37(31(30)24-11-16-27(43-20(2)3)28(18-24)40-5)32(38)29(44-34)17-22-9-14-26(15-10-22)42-19-23-7-12-25(35)13-8-23/h7-18,20,31H,6,19H2,1-5H3/b29-17-/t31-/m0/s1. The van der Waals surface area contributed by atoms with Crippen LogP contribution in [0, 0.1) is 5.82 Å². The number of hydrogen-bond donors (Lipinski definition) is 0. The van der Waals surface area contributed by atoms with Gasteiger partial charge in [-0.2, -0.15) is 0 Å². The second kappa shape index (κ2) is 13.3. The molecule has 5 rings (SSSR count). The Bertz CT molecular complexity index is 1870. The van der Waals surface area contributed by atoms with Gasteiger partial charge >= 0.3 is 5.97 Å². The summed E-state index contributed by atoms with van der Waals surface area (Å²) in [5.41, 5.74) is 2.78. The zero-order valence-corrected chi connectivity index (χ0v) is 25.9. The number of aromatic nitrogens is 1. The number of nitrogens with zero attached hydrogens (tertiary/aromatic N) is 2. The third kappa shape index (κ3) is 6.60. The Labute approximate surface area is 258 Å². The van der Waals surface area contributed by atoms with E-state index in [1.807, 2.05) is 44.2 Å². The molecule has 0 N–H and O–H groups in total. The van der Waals surface area contributed by atoms with Crippen molar-refractivity contribution in [3.8, 4) is 17.2 Å². The Balaban J connectivity index is 1.52. The van der Waals surface area contributed by atoms with Gasteiger partial charge in [-0.25, -0.2) is 14.2 Å². The van der Waals surface area contributed by atoms with Crippen molar-refractivity contribution in [3.05, 3.63) is 120 Å². The van der Waals surface area contributed by atoms with Crippen molar-refractivity contribution < 1.29 is 28.1 Å². The number of esters is 1. The summed E-state index contributed by atoms with van der Waals surface area (Å²) in [7, 11) is 1.55. The van der Waals surface area contributed by atoms with Crippen LogP contribution >= 0.6 is 11.3 Å². The first-order valence-corrected chi connectivity index (χ1v) is 15.0. The van der Waals surface area contributed by atoms with Crippen LogP contribution in [0.4, 0.5) is 4.39 Å². The van der Waals surface area contributed by atoms with Crippen molar-refractivity contribution in [1.82, 2.24) is 4.57 Å². The molecule has 228 valence electrons. The van der Waals surface area contributed by atoms with Crippen LogP contribution in [0.1, 0.15) is 50.4 Å². The fraction of sp³-hybridized carbons (Fsp3) is 0.265. The van der Waals surface area contributed by atoms with Gasteiger partial charge in [0.05, 0.1) is 41.7 Å². The molecule has 0 radical (unpaired) electrons. The number of fused-ring (bicyclic) bond motifs is 1. The highest BCUT2D eigenvalue weighted by Gasteiger charge is 2.34. The molecule has 0 saturated carbocycles. The van der Waals surface area contributed by atoms with Crippen LogP contribution in [0.2, 0.25) is 0 Å². The molecule has 0 bridgehead atoms. The highest BCUT2D eigenvalue weighted by molar-refractivity contribution is 7.07. The summed E-state index contributed by atoms with van der Waals surface area (Å²) < 4.78 is 37.9. The SMILES string of the molecule is CCOC(=O)C1=C(C)N=c2s/c(=C\c3ccc(OCc4ccc(F)cc4)cc3)c(=O)n2[C@H]1c1ccc(OC(C)C)c(OC)c1. The molecule has 2 heterocycles. The molecular weight excluding hydrogens is 583 g/mol. The molecule has 1 aliphatic rings. The van der Waals surface area contributed by atoms with Crippen LogP contribution < -0.4 is 29.1 Å². The van der Waals surface area contributed by atoms with Gasteiger partial charge in [-0.15, -0.1) is 0 Å². The first kappa shape index (κ1) is 30.7. The van der Waals surface area contributed by atoms with Gasteiger partial charge in [0.25, 0.3) is 5.56 Å². The zero-order valence-electron chi connectivity index (χ0n) is 25.1. The lowest BCUT2D eigenvalue weighted by Crippen LogP contribution is -2.40. The lowest BCUT2D eigenvalue weighted by atomic mass is 9.95. The van der Waals surface area contributed by atoms with E-state index in [0.29, 0.717) is 44.4 Å². The summed E-state index contributed by atoms with van der Waals surface area (Å²) in [5, 5.41) is 0. The van der Waals surface area contributed by atoms with Crippen molar-refractivity contribution >= 4 is 23.4 Å². The van der Waals surface area contributed by atoms with E-state index in [0.717, 1.165) is 11.1 Å². The van der Waals surface area contributed by atoms with Crippen molar-refractivity contribution in [1.29, 1.82) is 0 Å². The van der Waals surface area contributed by atoms with E-state index in [-0.39, 0.29) is 29.7 Å². The smallest absolute Gasteiger partial charge is 0.338 e. The predicted molar refractivity (Wildman–Crippen MR) is 166 cm³/mol. The van der Waals surface area contributed by atoms with E-state index >= 15 is 0 Å². The number of carbonyl (C=O) groups is 1. The average Bonchev–Trinajstić information content (AvgIpc) is 3.30. The number of thiazole rings is 1. The van der Waals surface area contributed by atoms with Gasteiger partial charge in [0.1, 0.15) is 18.2 Å². The first-order valence-electron chi connectivity index (χ1n) is 14.2. The number of rotatable bonds is 10. The number of carbonyl (C=O) groups excluding carboxylic acids is 1. The molecule has 0 saturated heterocycles. The Hall–Kier alpha value is -4.70. The maximum Gasteiger partial charge on any atom is 0.338 e. The molecule has 1 atom stereocenters. The lowest BCUT2D eigenvalue weighted by molar-refractivity contribution is -0.139. The molecule has 8 nitrogen and oxygen atoms in total. The molecule has 1 aliphatic heterocycles. The van der Waals surface area contributed by atoms with E-state index in [1.54, 1.807) is 51.3 Å². The topological polar surface area (TPSA) is 88.4 Å². The summed E-state index contributed by atoms with van der Waals surface area (Å²) in [6.45, 7) is 7.80. The van der Waals surface area contributed by atoms with Crippen LogP contribution in [0.25, 0.3) is 6.08 Å². The van der Waals surface area contributed by atoms with E-state index in [1.165, 1.54) is 28.0 Å². The zero-order chi connectivity index (χ0) is 31.4. The summed E-state index contributed by atoms with van der Waals surface area (Å²) in [5.74, 6) is 0.850.